The minimum absolute atomic E-state index is 0.160. The number of methoxy groups -OCH3 is 1. The van der Waals surface area contributed by atoms with Gasteiger partial charge in [0.2, 0.25) is 0 Å². The quantitative estimate of drug-likeness (QED) is 0.330. The SMILES string of the molecule is CCC(C)(C)NCCCn1c(Sc2cc(OC)ccc2I)nc2cncnc21. The Kier molecular flexibility index (Phi) is 7.16. The van der Waals surface area contributed by atoms with Crippen LogP contribution in [0.3, 0.4) is 0 Å². The highest BCUT2D eigenvalue weighted by Gasteiger charge is 2.16. The molecule has 3 aromatic rings. The summed E-state index contributed by atoms with van der Waals surface area (Å²) >= 11 is 3.99. The Bertz CT molecular complexity index is 943. The fourth-order valence-corrected chi connectivity index (χ4v) is 4.35. The van der Waals surface area contributed by atoms with Gasteiger partial charge in [-0.3, -0.25) is 0 Å². The Morgan fingerprint density at radius 1 is 1.32 bits per heavy atom. The molecule has 0 aliphatic carbocycles. The van der Waals surface area contributed by atoms with Crippen molar-refractivity contribution in [2.75, 3.05) is 13.7 Å². The topological polar surface area (TPSA) is 64.9 Å². The summed E-state index contributed by atoms with van der Waals surface area (Å²) in [5, 5.41) is 4.55. The van der Waals surface area contributed by atoms with Crippen molar-refractivity contribution < 1.29 is 4.74 Å². The van der Waals surface area contributed by atoms with Gasteiger partial charge in [0.1, 0.15) is 17.6 Å². The van der Waals surface area contributed by atoms with Crippen molar-refractivity contribution in [3.8, 4) is 5.75 Å². The molecule has 0 bridgehead atoms. The van der Waals surface area contributed by atoms with Crippen molar-refractivity contribution in [3.05, 3.63) is 34.3 Å². The van der Waals surface area contributed by atoms with Crippen LogP contribution in [-0.2, 0) is 6.54 Å². The van der Waals surface area contributed by atoms with Crippen LogP contribution in [0.15, 0.2) is 40.8 Å². The third-order valence-corrected chi connectivity index (χ3v) is 7.12. The fraction of sp³-hybridized carbons (Fsp3) is 0.450. The first-order chi connectivity index (χ1) is 13.4. The van der Waals surface area contributed by atoms with Crippen LogP contribution in [0.1, 0.15) is 33.6 Å². The van der Waals surface area contributed by atoms with Crippen LogP contribution in [0.4, 0.5) is 0 Å². The van der Waals surface area contributed by atoms with Crippen LogP contribution < -0.4 is 10.1 Å². The summed E-state index contributed by atoms with van der Waals surface area (Å²) in [6.07, 6.45) is 5.46. The summed E-state index contributed by atoms with van der Waals surface area (Å²) in [6, 6.07) is 6.08. The smallest absolute Gasteiger partial charge is 0.175 e. The van der Waals surface area contributed by atoms with Gasteiger partial charge in [0.15, 0.2) is 10.8 Å². The van der Waals surface area contributed by atoms with E-state index in [0.29, 0.717) is 0 Å². The molecule has 0 saturated heterocycles. The zero-order valence-corrected chi connectivity index (χ0v) is 19.7. The number of hydrogen-bond acceptors (Lipinski definition) is 6. The zero-order valence-electron chi connectivity index (χ0n) is 16.7. The Balaban J connectivity index is 1.83. The Labute approximate surface area is 184 Å². The molecule has 0 aliphatic heterocycles. The maximum absolute atomic E-state index is 5.38. The van der Waals surface area contributed by atoms with Crippen LogP contribution in [0.25, 0.3) is 11.2 Å². The molecule has 1 N–H and O–H groups in total. The summed E-state index contributed by atoms with van der Waals surface area (Å²) in [5.74, 6) is 0.844. The molecule has 0 spiro atoms. The number of rotatable bonds is 9. The number of ether oxygens (including phenoxy) is 1. The van der Waals surface area contributed by atoms with E-state index in [1.54, 1.807) is 31.4 Å². The van der Waals surface area contributed by atoms with Gasteiger partial charge in [0.05, 0.1) is 13.3 Å². The largest absolute Gasteiger partial charge is 0.497 e. The molecule has 0 aliphatic rings. The van der Waals surface area contributed by atoms with E-state index in [1.807, 2.05) is 12.1 Å². The molecular weight excluding hydrogens is 485 g/mol. The molecule has 28 heavy (non-hydrogen) atoms. The van der Waals surface area contributed by atoms with Crippen LogP contribution in [0.5, 0.6) is 5.75 Å². The maximum Gasteiger partial charge on any atom is 0.175 e. The number of benzene rings is 1. The van der Waals surface area contributed by atoms with E-state index in [9.17, 15) is 0 Å². The second-order valence-corrected chi connectivity index (χ2v) is 9.37. The predicted octanol–water partition coefficient (Wildman–Crippen LogP) is 4.76. The summed E-state index contributed by atoms with van der Waals surface area (Å²) in [7, 11) is 1.69. The van der Waals surface area contributed by atoms with E-state index < -0.39 is 0 Å². The fourth-order valence-electron chi connectivity index (χ4n) is 2.71. The lowest BCUT2D eigenvalue weighted by atomic mass is 10.0. The zero-order chi connectivity index (χ0) is 20.1. The lowest BCUT2D eigenvalue weighted by Crippen LogP contribution is -2.39. The van der Waals surface area contributed by atoms with Crippen molar-refractivity contribution in [3.63, 3.8) is 0 Å². The lowest BCUT2D eigenvalue weighted by Gasteiger charge is -2.24. The van der Waals surface area contributed by atoms with Gasteiger partial charge in [-0.2, -0.15) is 0 Å². The van der Waals surface area contributed by atoms with Gasteiger partial charge in [-0.05, 0) is 74.0 Å². The molecule has 1 aromatic carbocycles. The average Bonchev–Trinajstić information content (AvgIpc) is 3.04. The van der Waals surface area contributed by atoms with Gasteiger partial charge in [0.25, 0.3) is 0 Å². The van der Waals surface area contributed by atoms with Gasteiger partial charge < -0.3 is 14.6 Å². The number of nitrogens with one attached hydrogen (secondary N) is 1. The van der Waals surface area contributed by atoms with Crippen molar-refractivity contribution in [2.24, 2.45) is 0 Å². The monoisotopic (exact) mass is 511 g/mol. The molecule has 0 fully saturated rings. The number of halogens is 1. The molecular formula is C20H26IN5OS. The summed E-state index contributed by atoms with van der Waals surface area (Å²) in [6.45, 7) is 8.48. The number of aryl methyl sites for hydroxylation is 1. The van der Waals surface area contributed by atoms with Gasteiger partial charge in [-0.1, -0.05) is 18.7 Å². The molecule has 2 heterocycles. The number of hydrogen-bond donors (Lipinski definition) is 1. The molecule has 8 heteroatoms. The lowest BCUT2D eigenvalue weighted by molar-refractivity contribution is 0.368. The van der Waals surface area contributed by atoms with Crippen molar-refractivity contribution >= 4 is 45.5 Å². The normalized spacial score (nSPS) is 11.9. The van der Waals surface area contributed by atoms with Crippen LogP contribution in [-0.4, -0.2) is 38.7 Å². The Hall–Kier alpha value is -1.39. The molecule has 6 nitrogen and oxygen atoms in total. The third-order valence-electron chi connectivity index (χ3n) is 4.76. The third kappa shape index (κ3) is 5.15. The molecule has 0 atom stereocenters. The minimum atomic E-state index is 0.160. The van der Waals surface area contributed by atoms with Crippen molar-refractivity contribution in [2.45, 2.75) is 55.7 Å². The Morgan fingerprint density at radius 3 is 2.89 bits per heavy atom. The standard InChI is InChI=1S/C20H26IN5OS/c1-5-20(2,3)24-9-6-10-26-18-16(12-22-13-23-18)25-19(26)28-17-11-14(27-4)7-8-15(17)21/h7-8,11-13,24H,5-6,9-10H2,1-4H3. The highest BCUT2D eigenvalue weighted by molar-refractivity contribution is 14.1. The van der Waals surface area contributed by atoms with Crippen molar-refractivity contribution in [1.82, 2.24) is 24.8 Å². The van der Waals surface area contributed by atoms with Gasteiger partial charge in [0, 0.05) is 20.5 Å². The highest BCUT2D eigenvalue weighted by Crippen LogP contribution is 2.34. The predicted molar refractivity (Wildman–Crippen MR) is 122 cm³/mol. The Morgan fingerprint density at radius 2 is 2.14 bits per heavy atom. The van der Waals surface area contributed by atoms with Gasteiger partial charge in [-0.15, -0.1) is 0 Å². The van der Waals surface area contributed by atoms with E-state index in [-0.39, 0.29) is 5.54 Å². The van der Waals surface area contributed by atoms with Gasteiger partial charge in [-0.25, -0.2) is 15.0 Å². The summed E-state index contributed by atoms with van der Waals surface area (Å²) in [5.41, 5.74) is 1.86. The molecule has 0 saturated carbocycles. The molecule has 2 aromatic heterocycles. The second kappa shape index (κ2) is 9.41. The van der Waals surface area contributed by atoms with Crippen LogP contribution in [0.2, 0.25) is 0 Å². The number of imidazole rings is 1. The van der Waals surface area contributed by atoms with E-state index in [1.165, 1.54) is 3.57 Å². The number of fused-ring (bicyclic) bond motifs is 1. The van der Waals surface area contributed by atoms with Crippen LogP contribution in [0, 0.1) is 3.57 Å². The summed E-state index contributed by atoms with van der Waals surface area (Å²) < 4.78 is 8.74. The van der Waals surface area contributed by atoms with Gasteiger partial charge >= 0.3 is 0 Å². The molecule has 0 amide bonds. The molecule has 0 unspecified atom stereocenters. The summed E-state index contributed by atoms with van der Waals surface area (Å²) in [4.78, 5) is 14.5. The van der Waals surface area contributed by atoms with E-state index in [0.717, 1.165) is 52.9 Å². The average molecular weight is 511 g/mol. The highest BCUT2D eigenvalue weighted by atomic mass is 127. The molecule has 0 radical (unpaired) electrons. The molecule has 150 valence electrons. The first-order valence-corrected chi connectivity index (χ1v) is 11.3. The number of nitrogens with zero attached hydrogens (tertiary/aromatic N) is 4. The maximum atomic E-state index is 5.38. The molecule has 3 rings (SSSR count). The number of aromatic nitrogens is 4. The van der Waals surface area contributed by atoms with E-state index in [2.05, 4.69) is 69.3 Å². The first-order valence-electron chi connectivity index (χ1n) is 9.36. The van der Waals surface area contributed by atoms with E-state index >= 15 is 0 Å². The van der Waals surface area contributed by atoms with Crippen LogP contribution >= 0.6 is 34.4 Å². The second-order valence-electron chi connectivity index (χ2n) is 7.19. The van der Waals surface area contributed by atoms with Crippen molar-refractivity contribution in [1.29, 1.82) is 0 Å². The first kappa shape index (κ1) is 21.3. The minimum Gasteiger partial charge on any atom is -0.497 e. The van der Waals surface area contributed by atoms with E-state index in [4.69, 9.17) is 9.72 Å².